The predicted octanol–water partition coefficient (Wildman–Crippen LogP) is 2.89. The summed E-state index contributed by atoms with van der Waals surface area (Å²) in [5.41, 5.74) is 0.481. The highest BCUT2D eigenvalue weighted by molar-refractivity contribution is 5.40. The number of isocyanates is 1. The second-order valence-corrected chi connectivity index (χ2v) is 4.35. The highest BCUT2D eigenvalue weighted by Crippen LogP contribution is 2.41. The van der Waals surface area contributed by atoms with Crippen molar-refractivity contribution in [1.82, 2.24) is 0 Å². The first-order chi connectivity index (χ1) is 7.77. The second kappa shape index (κ2) is 4.50. The van der Waals surface area contributed by atoms with Crippen molar-refractivity contribution in [2.24, 2.45) is 4.99 Å². The van der Waals surface area contributed by atoms with Crippen molar-refractivity contribution in [1.29, 1.82) is 0 Å². The van der Waals surface area contributed by atoms with E-state index in [0.717, 1.165) is 31.2 Å². The lowest BCUT2D eigenvalue weighted by Crippen LogP contribution is -2.26. The molecule has 0 radical (unpaired) electrons. The largest absolute Gasteiger partial charge is 0.508 e. The highest BCUT2D eigenvalue weighted by atomic mass is 16.3. The topological polar surface area (TPSA) is 49.7 Å². The van der Waals surface area contributed by atoms with Gasteiger partial charge in [0.1, 0.15) is 5.75 Å². The molecular weight excluding hydrogens is 202 g/mol. The lowest BCUT2D eigenvalue weighted by molar-refractivity contribution is 0.303. The second-order valence-electron chi connectivity index (χ2n) is 4.35. The normalized spacial score (nSPS) is 18.8. The van der Waals surface area contributed by atoms with Crippen molar-refractivity contribution < 1.29 is 9.90 Å². The first kappa shape index (κ1) is 10.9. The lowest BCUT2D eigenvalue weighted by atomic mass is 9.77. The van der Waals surface area contributed by atoms with Crippen LogP contribution in [-0.2, 0) is 10.3 Å². The summed E-state index contributed by atoms with van der Waals surface area (Å²) in [6.45, 7) is 0. The fraction of sp³-hybridized carbons (Fsp3) is 0.462. The number of phenols is 1. The minimum absolute atomic E-state index is 0.226. The summed E-state index contributed by atoms with van der Waals surface area (Å²) in [4.78, 5) is 14.6. The summed E-state index contributed by atoms with van der Waals surface area (Å²) in [7, 11) is 0. The van der Waals surface area contributed by atoms with Crippen LogP contribution >= 0.6 is 0 Å². The van der Waals surface area contributed by atoms with Gasteiger partial charge in [-0.25, -0.2) is 4.79 Å². The minimum Gasteiger partial charge on any atom is -0.508 e. The van der Waals surface area contributed by atoms with Gasteiger partial charge in [0.25, 0.3) is 0 Å². The number of carbonyl (C=O) groups excluding carboxylic acids is 1. The summed E-state index contributed by atoms with van der Waals surface area (Å²) in [6.07, 6.45) is 6.75. The Labute approximate surface area is 94.8 Å². The maximum Gasteiger partial charge on any atom is 0.235 e. The first-order valence-corrected chi connectivity index (χ1v) is 5.65. The number of hydrogen-bond acceptors (Lipinski definition) is 3. The van der Waals surface area contributed by atoms with Gasteiger partial charge in [0.2, 0.25) is 6.08 Å². The lowest BCUT2D eigenvalue weighted by Gasteiger charge is -2.32. The molecule has 84 valence electrons. The Morgan fingerprint density at radius 2 is 2.00 bits per heavy atom. The zero-order chi connectivity index (χ0) is 11.4. The molecule has 1 aromatic rings. The van der Waals surface area contributed by atoms with Crippen LogP contribution in [0.25, 0.3) is 0 Å². The summed E-state index contributed by atoms with van der Waals surface area (Å²) in [6, 6.07) is 7.05. The van der Waals surface area contributed by atoms with Gasteiger partial charge in [-0.05, 0) is 30.5 Å². The molecule has 3 heteroatoms. The monoisotopic (exact) mass is 217 g/mol. The quantitative estimate of drug-likeness (QED) is 0.611. The number of rotatable bonds is 2. The van der Waals surface area contributed by atoms with E-state index >= 15 is 0 Å². The van der Waals surface area contributed by atoms with Gasteiger partial charge in [-0.15, -0.1) is 0 Å². The molecule has 1 aliphatic rings. The summed E-state index contributed by atoms with van der Waals surface area (Å²) >= 11 is 0. The molecule has 1 saturated carbocycles. The van der Waals surface area contributed by atoms with E-state index in [9.17, 15) is 9.90 Å². The van der Waals surface area contributed by atoms with Crippen LogP contribution in [-0.4, -0.2) is 11.2 Å². The molecule has 0 unspecified atom stereocenters. The molecule has 2 rings (SSSR count). The fourth-order valence-corrected chi connectivity index (χ4v) is 2.48. The maximum absolute atomic E-state index is 10.6. The number of phenolic OH excluding ortho intramolecular Hbond substituents is 1. The summed E-state index contributed by atoms with van der Waals surface area (Å²) in [5.74, 6) is 0.226. The van der Waals surface area contributed by atoms with Gasteiger partial charge in [-0.3, -0.25) is 0 Å². The number of aromatic hydroxyl groups is 1. The van der Waals surface area contributed by atoms with E-state index in [1.807, 2.05) is 6.07 Å². The Morgan fingerprint density at radius 1 is 1.25 bits per heavy atom. The molecule has 0 atom stereocenters. The van der Waals surface area contributed by atoms with Crippen molar-refractivity contribution in [3.05, 3.63) is 29.8 Å². The smallest absolute Gasteiger partial charge is 0.235 e. The molecule has 3 nitrogen and oxygen atoms in total. The standard InChI is InChI=1S/C13H15NO2/c15-10-14-13(7-2-1-3-8-13)11-5-4-6-12(16)9-11/h4-6,9,16H,1-3,7-8H2. The average molecular weight is 217 g/mol. The van der Waals surface area contributed by atoms with E-state index in [1.165, 1.54) is 6.42 Å². The van der Waals surface area contributed by atoms with E-state index in [-0.39, 0.29) is 5.75 Å². The Morgan fingerprint density at radius 3 is 2.62 bits per heavy atom. The van der Waals surface area contributed by atoms with Gasteiger partial charge in [0, 0.05) is 0 Å². The zero-order valence-electron chi connectivity index (χ0n) is 9.15. The fourth-order valence-electron chi connectivity index (χ4n) is 2.48. The average Bonchev–Trinajstić information content (AvgIpc) is 2.31. The molecule has 1 aromatic carbocycles. The Kier molecular flexibility index (Phi) is 3.07. The number of benzene rings is 1. The molecule has 1 N–H and O–H groups in total. The van der Waals surface area contributed by atoms with Crippen molar-refractivity contribution in [3.8, 4) is 5.75 Å². The van der Waals surface area contributed by atoms with E-state index < -0.39 is 5.54 Å². The van der Waals surface area contributed by atoms with Crippen molar-refractivity contribution >= 4 is 6.08 Å². The van der Waals surface area contributed by atoms with Crippen molar-refractivity contribution in [2.75, 3.05) is 0 Å². The molecule has 0 amide bonds. The molecule has 1 fully saturated rings. The SMILES string of the molecule is O=C=NC1(c2cccc(O)c2)CCCCC1. The molecule has 0 spiro atoms. The third kappa shape index (κ3) is 2.00. The Balaban J connectivity index is 2.42. The molecular formula is C13H15NO2. The summed E-state index contributed by atoms with van der Waals surface area (Å²) in [5, 5.41) is 9.49. The van der Waals surface area contributed by atoms with Crippen LogP contribution in [0.4, 0.5) is 0 Å². The number of hydrogen-bond donors (Lipinski definition) is 1. The van der Waals surface area contributed by atoms with Gasteiger partial charge in [-0.1, -0.05) is 31.4 Å². The molecule has 0 heterocycles. The van der Waals surface area contributed by atoms with E-state index in [4.69, 9.17) is 0 Å². The molecule has 1 aliphatic carbocycles. The number of nitrogens with zero attached hydrogens (tertiary/aromatic N) is 1. The van der Waals surface area contributed by atoms with Gasteiger partial charge in [0.15, 0.2) is 0 Å². The Bertz CT molecular complexity index is 416. The zero-order valence-corrected chi connectivity index (χ0v) is 9.15. The summed E-state index contributed by atoms with van der Waals surface area (Å²) < 4.78 is 0. The molecule has 0 bridgehead atoms. The minimum atomic E-state index is -0.446. The molecule has 0 aromatic heterocycles. The van der Waals surface area contributed by atoms with Crippen LogP contribution < -0.4 is 0 Å². The van der Waals surface area contributed by atoms with Crippen LogP contribution in [0, 0.1) is 0 Å². The van der Waals surface area contributed by atoms with E-state index in [1.54, 1.807) is 24.3 Å². The molecule has 0 aliphatic heterocycles. The van der Waals surface area contributed by atoms with Crippen LogP contribution in [0.3, 0.4) is 0 Å². The number of aliphatic imine (C=N–C) groups is 1. The van der Waals surface area contributed by atoms with Gasteiger partial charge < -0.3 is 5.11 Å². The van der Waals surface area contributed by atoms with Crippen molar-refractivity contribution in [3.63, 3.8) is 0 Å². The van der Waals surface area contributed by atoms with Crippen LogP contribution in [0.15, 0.2) is 29.3 Å². The van der Waals surface area contributed by atoms with Crippen LogP contribution in [0.2, 0.25) is 0 Å². The van der Waals surface area contributed by atoms with Crippen molar-refractivity contribution in [2.45, 2.75) is 37.6 Å². The maximum atomic E-state index is 10.6. The third-order valence-electron chi connectivity index (χ3n) is 3.32. The van der Waals surface area contributed by atoms with Crippen LogP contribution in [0.5, 0.6) is 5.75 Å². The first-order valence-electron chi connectivity index (χ1n) is 5.65. The van der Waals surface area contributed by atoms with Gasteiger partial charge >= 0.3 is 0 Å². The predicted molar refractivity (Wildman–Crippen MR) is 61.0 cm³/mol. The molecule has 16 heavy (non-hydrogen) atoms. The van der Waals surface area contributed by atoms with E-state index in [2.05, 4.69) is 4.99 Å². The molecule has 0 saturated heterocycles. The highest BCUT2D eigenvalue weighted by Gasteiger charge is 2.33. The van der Waals surface area contributed by atoms with Gasteiger partial charge in [-0.2, -0.15) is 4.99 Å². The third-order valence-corrected chi connectivity index (χ3v) is 3.32. The Hall–Kier alpha value is -1.60. The van der Waals surface area contributed by atoms with Gasteiger partial charge in [0.05, 0.1) is 5.54 Å². The van der Waals surface area contributed by atoms with E-state index in [0.29, 0.717) is 0 Å². The van der Waals surface area contributed by atoms with Crippen LogP contribution in [0.1, 0.15) is 37.7 Å².